The highest BCUT2D eigenvalue weighted by Crippen LogP contribution is 2.34. The maximum atomic E-state index is 13.4. The fourth-order valence-electron chi connectivity index (χ4n) is 4.84. The lowest BCUT2D eigenvalue weighted by Crippen LogP contribution is -2.37. The monoisotopic (exact) mass is 691 g/mol. The molecule has 0 radical (unpaired) electrons. The summed E-state index contributed by atoms with van der Waals surface area (Å²) in [7, 11) is -4.13. The minimum atomic E-state index is -5.08. The molecule has 6 N–H and O–H groups in total. The van der Waals surface area contributed by atoms with Crippen LogP contribution in [0.1, 0.15) is 33.9 Å². The number of nitrogens with zero attached hydrogens (tertiary/aromatic N) is 2. The molecular weight excluding hydrogens is 663 g/mol. The number of rotatable bonds is 8. The van der Waals surface area contributed by atoms with Gasteiger partial charge in [-0.25, -0.2) is 22.3 Å². The highest BCUT2D eigenvalue weighted by atomic mass is 32.2. The minimum absolute atomic E-state index is 0.0318. The molecular formula is C30H28F3N5O9S. The van der Waals surface area contributed by atoms with Crippen LogP contribution in [-0.4, -0.2) is 78.0 Å². The van der Waals surface area contributed by atoms with E-state index in [0.29, 0.717) is 35.5 Å². The third kappa shape index (κ3) is 8.07. The number of nitrogens with one attached hydrogen (secondary N) is 2. The smallest absolute Gasteiger partial charge is 0.481 e. The largest absolute Gasteiger partial charge is 0.490 e. The van der Waals surface area contributed by atoms with Gasteiger partial charge in [0.25, 0.3) is 15.9 Å². The molecule has 2 aliphatic rings. The number of alkyl halides is 3. The molecule has 1 fully saturated rings. The van der Waals surface area contributed by atoms with Crippen molar-refractivity contribution in [1.29, 1.82) is 0 Å². The van der Waals surface area contributed by atoms with Crippen LogP contribution in [0.4, 0.5) is 29.3 Å². The summed E-state index contributed by atoms with van der Waals surface area (Å²) in [6.45, 7) is 0.301. The Morgan fingerprint density at radius 1 is 1.00 bits per heavy atom. The van der Waals surface area contributed by atoms with Gasteiger partial charge in [0.15, 0.2) is 0 Å². The number of carboxylic acid groups (broad SMARTS) is 2. The first-order chi connectivity index (χ1) is 22.5. The molecule has 2 heterocycles. The minimum Gasteiger partial charge on any atom is -0.481 e. The first-order valence-electron chi connectivity index (χ1n) is 14.0. The highest BCUT2D eigenvalue weighted by molar-refractivity contribution is 7.89. The SMILES string of the molecule is N[C@@H](CC(=O)O)C(=O)Nc1ccc(C(=O)N2CCc3cc(S(=O)(=O)N4C[C@H](c5ccccc5)NC4=O)ccc32)cc1.O=C(O)C(F)(F)F. The van der Waals surface area contributed by atoms with Crippen LogP contribution >= 0.6 is 0 Å². The Balaban J connectivity index is 0.000000671. The predicted molar refractivity (Wildman–Crippen MR) is 162 cm³/mol. The second-order valence-corrected chi connectivity index (χ2v) is 12.4. The predicted octanol–water partition coefficient (Wildman–Crippen LogP) is 2.72. The van der Waals surface area contributed by atoms with Gasteiger partial charge in [-0.1, -0.05) is 30.3 Å². The quantitative estimate of drug-likeness (QED) is 0.233. The van der Waals surface area contributed by atoms with Crippen LogP contribution < -0.4 is 21.3 Å². The summed E-state index contributed by atoms with van der Waals surface area (Å²) in [4.78, 5) is 59.1. The van der Waals surface area contributed by atoms with Gasteiger partial charge in [0.2, 0.25) is 5.91 Å². The number of urea groups is 1. The number of anilines is 2. The normalized spacial score (nSPS) is 16.2. The molecule has 0 bridgehead atoms. The van der Waals surface area contributed by atoms with E-state index in [-0.39, 0.29) is 17.3 Å². The van der Waals surface area contributed by atoms with Crippen molar-refractivity contribution in [2.75, 3.05) is 23.3 Å². The summed E-state index contributed by atoms with van der Waals surface area (Å²) in [6, 6.07) is 17.3. The Labute approximate surface area is 271 Å². The summed E-state index contributed by atoms with van der Waals surface area (Å²) in [6.07, 6.45) is -5.17. The average Bonchev–Trinajstić information content (AvgIpc) is 3.64. The Hall–Kier alpha value is -5.49. The molecule has 254 valence electrons. The Morgan fingerprint density at radius 2 is 1.62 bits per heavy atom. The molecule has 0 aromatic heterocycles. The van der Waals surface area contributed by atoms with Crippen molar-refractivity contribution in [3.05, 3.63) is 89.5 Å². The maximum absolute atomic E-state index is 13.4. The Morgan fingerprint density at radius 3 is 2.21 bits per heavy atom. The summed E-state index contributed by atoms with van der Waals surface area (Å²) < 4.78 is 59.3. The van der Waals surface area contributed by atoms with E-state index in [4.69, 9.17) is 20.7 Å². The van der Waals surface area contributed by atoms with Gasteiger partial charge >= 0.3 is 24.1 Å². The van der Waals surface area contributed by atoms with Crippen LogP contribution in [0.2, 0.25) is 0 Å². The van der Waals surface area contributed by atoms with Gasteiger partial charge in [-0.2, -0.15) is 13.2 Å². The zero-order chi connectivity index (χ0) is 35.4. The van der Waals surface area contributed by atoms with E-state index in [1.807, 2.05) is 30.3 Å². The maximum Gasteiger partial charge on any atom is 0.490 e. The summed E-state index contributed by atoms with van der Waals surface area (Å²) in [5.41, 5.74) is 8.29. The molecule has 4 amide bonds. The van der Waals surface area contributed by atoms with Gasteiger partial charge in [0.1, 0.15) is 0 Å². The van der Waals surface area contributed by atoms with Crippen molar-refractivity contribution in [2.45, 2.75) is 36.0 Å². The number of fused-ring (bicyclic) bond motifs is 1. The number of carbonyl (C=O) groups excluding carboxylic acids is 3. The van der Waals surface area contributed by atoms with Crippen molar-refractivity contribution >= 4 is 51.2 Å². The van der Waals surface area contributed by atoms with Gasteiger partial charge in [0.05, 0.1) is 29.9 Å². The summed E-state index contributed by atoms with van der Waals surface area (Å²) in [5, 5.41) is 21.1. The lowest BCUT2D eigenvalue weighted by Gasteiger charge is -2.19. The number of sulfonamides is 1. The van der Waals surface area contributed by atoms with E-state index in [1.165, 1.54) is 41.3 Å². The first-order valence-corrected chi connectivity index (χ1v) is 15.4. The van der Waals surface area contributed by atoms with E-state index < -0.39 is 58.6 Å². The molecule has 1 saturated heterocycles. The third-order valence-electron chi connectivity index (χ3n) is 7.23. The summed E-state index contributed by atoms with van der Waals surface area (Å²) >= 11 is 0. The van der Waals surface area contributed by atoms with E-state index in [0.717, 1.165) is 9.87 Å². The highest BCUT2D eigenvalue weighted by Gasteiger charge is 2.40. The Bertz CT molecular complexity index is 1840. The lowest BCUT2D eigenvalue weighted by atomic mass is 10.1. The summed E-state index contributed by atoms with van der Waals surface area (Å²) in [5.74, 6) is -4.92. The lowest BCUT2D eigenvalue weighted by molar-refractivity contribution is -0.192. The fourth-order valence-corrected chi connectivity index (χ4v) is 6.24. The van der Waals surface area contributed by atoms with E-state index in [2.05, 4.69) is 10.6 Å². The average molecular weight is 692 g/mol. The zero-order valence-electron chi connectivity index (χ0n) is 24.7. The van der Waals surface area contributed by atoms with Crippen molar-refractivity contribution in [3.63, 3.8) is 0 Å². The number of benzene rings is 3. The second-order valence-electron chi connectivity index (χ2n) is 10.5. The molecule has 0 unspecified atom stereocenters. The Kier molecular flexibility index (Phi) is 10.4. The zero-order valence-corrected chi connectivity index (χ0v) is 25.5. The number of hydrogen-bond donors (Lipinski definition) is 5. The molecule has 18 heteroatoms. The number of hydrogen-bond acceptors (Lipinski definition) is 8. The van der Waals surface area contributed by atoms with E-state index >= 15 is 0 Å². The van der Waals surface area contributed by atoms with Crippen LogP contribution in [-0.2, 0) is 30.8 Å². The van der Waals surface area contributed by atoms with Gasteiger partial charge < -0.3 is 31.5 Å². The second kappa shape index (κ2) is 14.1. The number of amides is 4. The van der Waals surface area contributed by atoms with Gasteiger partial charge in [-0.15, -0.1) is 0 Å². The van der Waals surface area contributed by atoms with Crippen LogP contribution in [0.3, 0.4) is 0 Å². The van der Waals surface area contributed by atoms with Crippen molar-refractivity contribution < 1.29 is 55.8 Å². The fraction of sp³-hybridized carbons (Fsp3) is 0.233. The van der Waals surface area contributed by atoms with Gasteiger partial charge in [0, 0.05) is 23.5 Å². The molecule has 0 aliphatic carbocycles. The van der Waals surface area contributed by atoms with Crippen molar-refractivity contribution in [2.24, 2.45) is 5.73 Å². The topological polar surface area (TPSA) is 217 Å². The van der Waals surface area contributed by atoms with Gasteiger partial charge in [-0.05, 0) is 60.0 Å². The van der Waals surface area contributed by atoms with Crippen LogP contribution in [0, 0.1) is 0 Å². The molecule has 3 aromatic rings. The molecule has 5 rings (SSSR count). The third-order valence-corrected chi connectivity index (χ3v) is 8.97. The number of nitrogens with two attached hydrogens (primary N) is 1. The standard InChI is InChI=1S/C28H27N5O7S.C2HF3O2/c29-22(15-25(34)35)26(36)30-20-8-6-18(7-9-20)27(37)32-13-12-19-14-21(10-11-24(19)32)41(39,40)33-16-23(31-28(33)38)17-4-2-1-3-5-17;3-2(4,5)1(6)7/h1-11,14,22-23H,12-13,15-16,29H2,(H,30,36)(H,31,38)(H,34,35);(H,6,7)/t22-,23+;/m0./s1. The number of carbonyl (C=O) groups is 5. The molecule has 2 atom stereocenters. The first kappa shape index (κ1) is 35.4. The molecule has 0 saturated carbocycles. The number of aliphatic carboxylic acids is 2. The van der Waals surface area contributed by atoms with Crippen molar-refractivity contribution in [1.82, 2.24) is 9.62 Å². The number of carboxylic acids is 2. The van der Waals surface area contributed by atoms with Crippen LogP contribution in [0.25, 0.3) is 0 Å². The van der Waals surface area contributed by atoms with E-state index in [9.17, 15) is 40.8 Å². The molecule has 0 spiro atoms. The molecule has 3 aromatic carbocycles. The van der Waals surface area contributed by atoms with E-state index in [1.54, 1.807) is 6.07 Å². The molecule has 2 aliphatic heterocycles. The van der Waals surface area contributed by atoms with Crippen molar-refractivity contribution in [3.8, 4) is 0 Å². The number of halogens is 3. The molecule has 48 heavy (non-hydrogen) atoms. The van der Waals surface area contributed by atoms with Crippen LogP contribution in [0.15, 0.2) is 77.7 Å². The molecule has 14 nitrogen and oxygen atoms in total. The van der Waals surface area contributed by atoms with Crippen LogP contribution in [0.5, 0.6) is 0 Å². The van der Waals surface area contributed by atoms with Gasteiger partial charge in [-0.3, -0.25) is 14.4 Å².